The Bertz CT molecular complexity index is 988. The van der Waals surface area contributed by atoms with Gasteiger partial charge in [0, 0.05) is 19.3 Å². The molecule has 0 atom stereocenters. The predicted octanol–water partition coefficient (Wildman–Crippen LogP) is 3.36. The number of benzene rings is 2. The van der Waals surface area contributed by atoms with Crippen LogP contribution in [-0.4, -0.2) is 24.8 Å². The van der Waals surface area contributed by atoms with Crippen LogP contribution in [0.5, 0.6) is 17.2 Å². The Morgan fingerprint density at radius 1 is 1.00 bits per heavy atom. The number of methoxy groups -OCH3 is 1. The normalized spacial score (nSPS) is 11.8. The van der Waals surface area contributed by atoms with E-state index in [1.165, 1.54) is 0 Å². The number of aromatic nitrogens is 1. The second-order valence-corrected chi connectivity index (χ2v) is 6.50. The summed E-state index contributed by atoms with van der Waals surface area (Å²) >= 11 is 0. The van der Waals surface area contributed by atoms with Gasteiger partial charge in [0.25, 0.3) is 5.91 Å². The minimum Gasteiger partial charge on any atom is -0.497 e. The summed E-state index contributed by atoms with van der Waals surface area (Å²) in [6, 6.07) is 17.0. The van der Waals surface area contributed by atoms with Crippen molar-refractivity contribution in [1.29, 1.82) is 0 Å². The van der Waals surface area contributed by atoms with Crippen LogP contribution in [0.1, 0.15) is 21.5 Å². The first-order chi connectivity index (χ1) is 14.2. The summed E-state index contributed by atoms with van der Waals surface area (Å²) < 4.78 is 15.8. The third-order valence-electron chi connectivity index (χ3n) is 4.55. The Kier molecular flexibility index (Phi) is 5.47. The monoisotopic (exact) mass is 391 g/mol. The lowest BCUT2D eigenvalue weighted by molar-refractivity contribution is 0.0950. The molecule has 4 rings (SSSR count). The van der Waals surface area contributed by atoms with Gasteiger partial charge in [-0.25, -0.2) is 4.98 Å². The van der Waals surface area contributed by atoms with Crippen LogP contribution in [0.3, 0.4) is 0 Å². The Hall–Kier alpha value is -3.74. The number of nitrogens with zero attached hydrogens (tertiary/aromatic N) is 1. The SMILES string of the molecule is COc1ccc(CNc2ccc(C(=O)NCc3ccc4c(c3)OCO4)cn2)cc1. The molecule has 0 spiro atoms. The number of hydrogen-bond acceptors (Lipinski definition) is 6. The third kappa shape index (κ3) is 4.57. The molecule has 0 aliphatic carbocycles. The number of rotatable bonds is 7. The number of hydrogen-bond donors (Lipinski definition) is 2. The average molecular weight is 391 g/mol. The quantitative estimate of drug-likeness (QED) is 0.643. The minimum absolute atomic E-state index is 0.183. The van der Waals surface area contributed by atoms with Crippen molar-refractivity contribution in [3.8, 4) is 17.2 Å². The molecular formula is C22H21N3O4. The molecule has 1 aromatic heterocycles. The highest BCUT2D eigenvalue weighted by molar-refractivity contribution is 5.94. The van der Waals surface area contributed by atoms with Gasteiger partial charge in [0.15, 0.2) is 11.5 Å². The van der Waals surface area contributed by atoms with Crippen LogP contribution in [0.25, 0.3) is 0 Å². The van der Waals surface area contributed by atoms with Crippen LogP contribution in [0.4, 0.5) is 5.82 Å². The zero-order chi connectivity index (χ0) is 20.1. The molecule has 3 aromatic rings. The van der Waals surface area contributed by atoms with E-state index in [1.54, 1.807) is 25.4 Å². The molecule has 0 fully saturated rings. The van der Waals surface area contributed by atoms with E-state index in [0.717, 1.165) is 22.6 Å². The number of carbonyl (C=O) groups excluding carboxylic acids is 1. The molecule has 0 radical (unpaired) electrons. The summed E-state index contributed by atoms with van der Waals surface area (Å²) in [5, 5.41) is 6.12. The standard InChI is InChI=1S/C22H21N3O4/c1-27-18-6-2-15(3-7-18)11-23-21-9-5-17(13-24-21)22(26)25-12-16-4-8-19-20(10-16)29-14-28-19/h2-10,13H,11-12,14H2,1H3,(H,23,24)(H,25,26). The predicted molar refractivity (Wildman–Crippen MR) is 108 cm³/mol. The van der Waals surface area contributed by atoms with E-state index in [4.69, 9.17) is 14.2 Å². The third-order valence-corrected chi connectivity index (χ3v) is 4.55. The molecular weight excluding hydrogens is 370 g/mol. The maximum atomic E-state index is 12.4. The number of fused-ring (bicyclic) bond motifs is 1. The van der Waals surface area contributed by atoms with E-state index in [1.807, 2.05) is 42.5 Å². The van der Waals surface area contributed by atoms with E-state index >= 15 is 0 Å². The first-order valence-corrected chi connectivity index (χ1v) is 9.21. The van der Waals surface area contributed by atoms with Crippen molar-refractivity contribution < 1.29 is 19.0 Å². The smallest absolute Gasteiger partial charge is 0.253 e. The summed E-state index contributed by atoms with van der Waals surface area (Å²) in [5.74, 6) is 2.76. The van der Waals surface area contributed by atoms with E-state index in [9.17, 15) is 4.79 Å². The molecule has 0 saturated heterocycles. The van der Waals surface area contributed by atoms with E-state index < -0.39 is 0 Å². The van der Waals surface area contributed by atoms with Gasteiger partial charge in [0.05, 0.1) is 12.7 Å². The van der Waals surface area contributed by atoms with Gasteiger partial charge in [-0.1, -0.05) is 18.2 Å². The number of carbonyl (C=O) groups is 1. The second kappa shape index (κ2) is 8.52. The van der Waals surface area contributed by atoms with E-state index in [0.29, 0.717) is 30.2 Å². The topological polar surface area (TPSA) is 81.7 Å². The van der Waals surface area contributed by atoms with Crippen molar-refractivity contribution in [3.63, 3.8) is 0 Å². The first-order valence-electron chi connectivity index (χ1n) is 9.21. The average Bonchev–Trinajstić information content (AvgIpc) is 3.24. The van der Waals surface area contributed by atoms with Crippen LogP contribution in [0, 0.1) is 0 Å². The lowest BCUT2D eigenvalue weighted by atomic mass is 10.2. The second-order valence-electron chi connectivity index (χ2n) is 6.50. The fraction of sp³-hybridized carbons (Fsp3) is 0.182. The molecule has 148 valence electrons. The molecule has 2 heterocycles. The van der Waals surface area contributed by atoms with Crippen LogP contribution in [0.2, 0.25) is 0 Å². The Morgan fingerprint density at radius 3 is 2.55 bits per heavy atom. The maximum absolute atomic E-state index is 12.4. The van der Waals surface area contributed by atoms with Gasteiger partial charge >= 0.3 is 0 Å². The molecule has 1 amide bonds. The van der Waals surface area contributed by atoms with E-state index in [2.05, 4.69) is 15.6 Å². The number of ether oxygens (including phenoxy) is 3. The molecule has 0 bridgehead atoms. The number of nitrogens with one attached hydrogen (secondary N) is 2. The zero-order valence-corrected chi connectivity index (χ0v) is 16.0. The van der Waals surface area contributed by atoms with Gasteiger partial charge in [-0.2, -0.15) is 0 Å². The number of pyridine rings is 1. The molecule has 2 N–H and O–H groups in total. The summed E-state index contributed by atoms with van der Waals surface area (Å²) in [6.07, 6.45) is 1.56. The van der Waals surface area contributed by atoms with Gasteiger partial charge in [-0.15, -0.1) is 0 Å². The molecule has 0 unspecified atom stereocenters. The fourth-order valence-corrected chi connectivity index (χ4v) is 2.90. The van der Waals surface area contributed by atoms with Crippen molar-refractivity contribution in [2.75, 3.05) is 19.2 Å². The van der Waals surface area contributed by atoms with Gasteiger partial charge < -0.3 is 24.8 Å². The van der Waals surface area contributed by atoms with Crippen molar-refractivity contribution in [3.05, 3.63) is 77.5 Å². The van der Waals surface area contributed by atoms with Crippen LogP contribution < -0.4 is 24.8 Å². The molecule has 29 heavy (non-hydrogen) atoms. The lowest BCUT2D eigenvalue weighted by Gasteiger charge is -2.08. The highest BCUT2D eigenvalue weighted by Crippen LogP contribution is 2.32. The van der Waals surface area contributed by atoms with Crippen LogP contribution in [-0.2, 0) is 13.1 Å². The molecule has 2 aromatic carbocycles. The van der Waals surface area contributed by atoms with Crippen molar-refractivity contribution in [2.24, 2.45) is 0 Å². The van der Waals surface area contributed by atoms with Crippen molar-refractivity contribution in [1.82, 2.24) is 10.3 Å². The highest BCUT2D eigenvalue weighted by atomic mass is 16.7. The van der Waals surface area contributed by atoms with Gasteiger partial charge in [0.2, 0.25) is 6.79 Å². The van der Waals surface area contributed by atoms with Crippen LogP contribution >= 0.6 is 0 Å². The fourth-order valence-electron chi connectivity index (χ4n) is 2.90. The summed E-state index contributed by atoms with van der Waals surface area (Å²) in [6.45, 7) is 1.26. The van der Waals surface area contributed by atoms with Gasteiger partial charge in [0.1, 0.15) is 11.6 Å². The van der Waals surface area contributed by atoms with Crippen molar-refractivity contribution in [2.45, 2.75) is 13.1 Å². The molecule has 1 aliphatic rings. The molecule has 7 nitrogen and oxygen atoms in total. The zero-order valence-electron chi connectivity index (χ0n) is 16.0. The largest absolute Gasteiger partial charge is 0.497 e. The van der Waals surface area contributed by atoms with Crippen LogP contribution in [0.15, 0.2) is 60.8 Å². The Balaban J connectivity index is 1.29. The molecule has 7 heteroatoms. The highest BCUT2D eigenvalue weighted by Gasteiger charge is 2.13. The van der Waals surface area contributed by atoms with E-state index in [-0.39, 0.29) is 12.7 Å². The molecule has 0 saturated carbocycles. The minimum atomic E-state index is -0.183. The summed E-state index contributed by atoms with van der Waals surface area (Å²) in [7, 11) is 1.64. The first kappa shape index (κ1) is 18.6. The number of anilines is 1. The molecule has 1 aliphatic heterocycles. The maximum Gasteiger partial charge on any atom is 0.253 e. The Labute approximate surface area is 168 Å². The Morgan fingerprint density at radius 2 is 1.79 bits per heavy atom. The lowest BCUT2D eigenvalue weighted by Crippen LogP contribution is -2.22. The summed E-state index contributed by atoms with van der Waals surface area (Å²) in [4.78, 5) is 16.7. The van der Waals surface area contributed by atoms with Gasteiger partial charge in [-0.05, 0) is 47.5 Å². The number of amides is 1. The van der Waals surface area contributed by atoms with Gasteiger partial charge in [-0.3, -0.25) is 4.79 Å². The summed E-state index contributed by atoms with van der Waals surface area (Å²) in [5.41, 5.74) is 2.55. The van der Waals surface area contributed by atoms with Crippen molar-refractivity contribution >= 4 is 11.7 Å².